The molecule has 2 aromatic heterocycles. The van der Waals surface area contributed by atoms with Crippen LogP contribution in [0.5, 0.6) is 0 Å². The summed E-state index contributed by atoms with van der Waals surface area (Å²) in [5.41, 5.74) is 8.90. The van der Waals surface area contributed by atoms with E-state index in [4.69, 9.17) is 10.2 Å². The maximum absolute atomic E-state index is 13.1. The van der Waals surface area contributed by atoms with Gasteiger partial charge >= 0.3 is 5.63 Å². The number of carbonyl (C=O) groups excluding carboxylic acids is 2. The van der Waals surface area contributed by atoms with Crippen LogP contribution in [-0.4, -0.2) is 11.8 Å². The number of amides is 2. The number of fused-ring (bicyclic) bond motifs is 2. The Kier molecular flexibility index (Phi) is 6.04. The Morgan fingerprint density at radius 1 is 1.08 bits per heavy atom. The van der Waals surface area contributed by atoms with Crippen molar-refractivity contribution in [3.63, 3.8) is 0 Å². The van der Waals surface area contributed by atoms with E-state index < -0.39 is 11.5 Å². The summed E-state index contributed by atoms with van der Waals surface area (Å²) in [6, 6.07) is 15.9. The molecule has 0 saturated heterocycles. The van der Waals surface area contributed by atoms with E-state index in [1.165, 1.54) is 11.3 Å². The van der Waals surface area contributed by atoms with Crippen LogP contribution < -0.4 is 16.7 Å². The topological polar surface area (TPSA) is 102 Å². The minimum Gasteiger partial charge on any atom is -0.422 e. The summed E-state index contributed by atoms with van der Waals surface area (Å²) in [5, 5.41) is 4.24. The fraction of sp³-hybridized carbons (Fsp3) is 0.276. The lowest BCUT2D eigenvalue weighted by Gasteiger charge is -2.33. The molecule has 1 atom stereocenters. The van der Waals surface area contributed by atoms with E-state index in [1.807, 2.05) is 18.2 Å². The lowest BCUT2D eigenvalue weighted by molar-refractivity contribution is 0.1000. The Morgan fingerprint density at radius 3 is 2.50 bits per heavy atom. The van der Waals surface area contributed by atoms with Gasteiger partial charge in [-0.05, 0) is 66.0 Å². The van der Waals surface area contributed by atoms with E-state index in [9.17, 15) is 14.4 Å². The van der Waals surface area contributed by atoms with Gasteiger partial charge in [0.15, 0.2) is 0 Å². The molecule has 2 heterocycles. The summed E-state index contributed by atoms with van der Waals surface area (Å²) in [6.45, 7) is 6.71. The number of nitrogens with two attached hydrogens (primary N) is 1. The molecule has 3 N–H and O–H groups in total. The SMILES string of the molecule is CC(C)(C)[C@H]1CCc2c(sc(NC(=O)c3ccc(-c4cc5ccccc5oc4=O)cc3)c2C(N)=O)C1. The Balaban J connectivity index is 1.40. The second-order valence-electron chi connectivity index (χ2n) is 10.4. The highest BCUT2D eigenvalue weighted by atomic mass is 32.1. The fourth-order valence-electron chi connectivity index (χ4n) is 4.91. The molecule has 0 saturated carbocycles. The first kappa shape index (κ1) is 24.0. The van der Waals surface area contributed by atoms with E-state index in [0.29, 0.717) is 38.8 Å². The summed E-state index contributed by atoms with van der Waals surface area (Å²) >= 11 is 1.45. The van der Waals surface area contributed by atoms with Gasteiger partial charge in [0.05, 0.1) is 11.1 Å². The van der Waals surface area contributed by atoms with Crippen molar-refractivity contribution in [1.29, 1.82) is 0 Å². The lowest BCUT2D eigenvalue weighted by atomic mass is 9.72. The summed E-state index contributed by atoms with van der Waals surface area (Å²) in [7, 11) is 0. The normalized spacial score (nSPS) is 15.5. The van der Waals surface area contributed by atoms with Crippen LogP contribution in [0, 0.1) is 11.3 Å². The number of benzene rings is 2. The summed E-state index contributed by atoms with van der Waals surface area (Å²) in [4.78, 5) is 39.0. The first-order valence-electron chi connectivity index (χ1n) is 12.0. The molecular formula is C29H28N2O4S. The molecule has 2 aromatic carbocycles. The predicted molar refractivity (Wildman–Crippen MR) is 144 cm³/mol. The highest BCUT2D eigenvalue weighted by molar-refractivity contribution is 7.17. The molecule has 36 heavy (non-hydrogen) atoms. The summed E-state index contributed by atoms with van der Waals surface area (Å²) in [5.74, 6) is -0.343. The Morgan fingerprint density at radius 2 is 1.81 bits per heavy atom. The molecule has 7 heteroatoms. The van der Waals surface area contributed by atoms with Crippen molar-refractivity contribution in [2.75, 3.05) is 5.32 Å². The van der Waals surface area contributed by atoms with Crippen LogP contribution in [0.2, 0.25) is 0 Å². The van der Waals surface area contributed by atoms with E-state index >= 15 is 0 Å². The second kappa shape index (κ2) is 9.06. The third kappa shape index (κ3) is 4.46. The van der Waals surface area contributed by atoms with Gasteiger partial charge in [0.1, 0.15) is 10.6 Å². The zero-order chi connectivity index (χ0) is 25.6. The van der Waals surface area contributed by atoms with Crippen molar-refractivity contribution < 1.29 is 14.0 Å². The van der Waals surface area contributed by atoms with E-state index in [2.05, 4.69) is 26.1 Å². The lowest BCUT2D eigenvalue weighted by Crippen LogP contribution is -2.27. The monoisotopic (exact) mass is 500 g/mol. The molecule has 1 aliphatic rings. The third-order valence-corrected chi connectivity index (χ3v) is 8.23. The number of para-hydroxylation sites is 1. The summed E-state index contributed by atoms with van der Waals surface area (Å²) < 4.78 is 5.43. The average Bonchev–Trinajstić information content (AvgIpc) is 3.20. The number of hydrogen-bond acceptors (Lipinski definition) is 5. The van der Waals surface area contributed by atoms with E-state index in [0.717, 1.165) is 35.1 Å². The zero-order valence-corrected chi connectivity index (χ0v) is 21.3. The highest BCUT2D eigenvalue weighted by Gasteiger charge is 2.33. The van der Waals surface area contributed by atoms with Gasteiger partial charge in [-0.3, -0.25) is 9.59 Å². The van der Waals surface area contributed by atoms with Crippen LogP contribution in [-0.2, 0) is 12.8 Å². The third-order valence-electron chi connectivity index (χ3n) is 7.06. The van der Waals surface area contributed by atoms with Crippen molar-refractivity contribution >= 4 is 39.1 Å². The first-order chi connectivity index (χ1) is 17.1. The van der Waals surface area contributed by atoms with Gasteiger partial charge in [0.2, 0.25) is 0 Å². The standard InChI is InChI=1S/C29H28N2O4S/c1-29(2,3)19-12-13-20-23(15-19)36-27(24(20)25(30)32)31-26(33)17-10-8-16(9-11-17)21-14-18-6-4-5-7-22(18)35-28(21)34/h4-11,14,19H,12-13,15H2,1-3H3,(H2,30,32)(H,31,33)/t19-/m0/s1. The van der Waals surface area contributed by atoms with Crippen molar-refractivity contribution in [2.24, 2.45) is 17.1 Å². The van der Waals surface area contributed by atoms with Gasteiger partial charge < -0.3 is 15.5 Å². The number of thiophene rings is 1. The van der Waals surface area contributed by atoms with Gasteiger partial charge in [-0.25, -0.2) is 4.79 Å². The number of carbonyl (C=O) groups is 2. The zero-order valence-electron chi connectivity index (χ0n) is 20.5. The molecule has 6 nitrogen and oxygen atoms in total. The van der Waals surface area contributed by atoms with Crippen molar-refractivity contribution in [2.45, 2.75) is 40.0 Å². The van der Waals surface area contributed by atoms with Crippen molar-refractivity contribution in [3.8, 4) is 11.1 Å². The molecule has 0 unspecified atom stereocenters. The van der Waals surface area contributed by atoms with Crippen molar-refractivity contribution in [1.82, 2.24) is 0 Å². The van der Waals surface area contributed by atoms with Crippen LogP contribution in [0.3, 0.4) is 0 Å². The molecule has 0 spiro atoms. The molecule has 184 valence electrons. The minimum atomic E-state index is -0.518. The molecular weight excluding hydrogens is 472 g/mol. The maximum Gasteiger partial charge on any atom is 0.344 e. The van der Waals surface area contributed by atoms with Gasteiger partial charge in [0, 0.05) is 15.8 Å². The first-order valence-corrected chi connectivity index (χ1v) is 12.8. The quantitative estimate of drug-likeness (QED) is 0.334. The fourth-order valence-corrected chi connectivity index (χ4v) is 6.24. The second-order valence-corrected chi connectivity index (χ2v) is 11.5. The average molecular weight is 501 g/mol. The maximum atomic E-state index is 13.1. The predicted octanol–water partition coefficient (Wildman–Crippen LogP) is 6.02. The van der Waals surface area contributed by atoms with Gasteiger partial charge in [-0.2, -0.15) is 0 Å². The number of hydrogen-bond donors (Lipinski definition) is 2. The van der Waals surface area contributed by atoms with Crippen molar-refractivity contribution in [3.05, 3.63) is 86.6 Å². The summed E-state index contributed by atoms with van der Waals surface area (Å²) in [6.07, 6.45) is 2.65. The molecule has 1 aliphatic carbocycles. The Hall–Kier alpha value is -3.71. The minimum absolute atomic E-state index is 0.169. The molecule has 0 fully saturated rings. The van der Waals surface area contributed by atoms with Crippen LogP contribution in [0.25, 0.3) is 22.1 Å². The number of primary amides is 1. The van der Waals surface area contributed by atoms with Crippen LogP contribution in [0.4, 0.5) is 5.00 Å². The highest BCUT2D eigenvalue weighted by Crippen LogP contribution is 2.44. The Labute approximate surface area is 213 Å². The smallest absolute Gasteiger partial charge is 0.344 e. The number of anilines is 1. The van der Waals surface area contributed by atoms with Gasteiger partial charge in [-0.1, -0.05) is 51.1 Å². The Bertz CT molecular complexity index is 1540. The number of rotatable bonds is 4. The molecule has 2 amide bonds. The molecule has 0 bridgehead atoms. The molecule has 4 aromatic rings. The number of nitrogens with one attached hydrogen (secondary N) is 1. The van der Waals surface area contributed by atoms with Crippen LogP contribution >= 0.6 is 11.3 Å². The molecule has 0 aliphatic heterocycles. The van der Waals surface area contributed by atoms with Gasteiger partial charge in [0.25, 0.3) is 11.8 Å². The van der Waals surface area contributed by atoms with Gasteiger partial charge in [-0.15, -0.1) is 11.3 Å². The molecule has 0 radical (unpaired) electrons. The van der Waals surface area contributed by atoms with Crippen LogP contribution in [0.1, 0.15) is 58.3 Å². The van der Waals surface area contributed by atoms with Crippen LogP contribution in [0.15, 0.2) is 63.8 Å². The van der Waals surface area contributed by atoms with E-state index in [-0.39, 0.29) is 11.3 Å². The molecule has 5 rings (SSSR count). The van der Waals surface area contributed by atoms with E-state index in [1.54, 1.807) is 36.4 Å². The largest absolute Gasteiger partial charge is 0.422 e.